The number of anilines is 1. The Labute approximate surface area is 125 Å². The summed E-state index contributed by atoms with van der Waals surface area (Å²) in [7, 11) is -2.21. The second-order valence-corrected chi connectivity index (χ2v) is 7.04. The van der Waals surface area contributed by atoms with E-state index < -0.39 is 10.0 Å². The Morgan fingerprint density at radius 3 is 2.29 bits per heavy atom. The van der Waals surface area contributed by atoms with Gasteiger partial charge in [-0.2, -0.15) is 13.5 Å². The minimum atomic E-state index is -3.74. The molecule has 21 heavy (non-hydrogen) atoms. The van der Waals surface area contributed by atoms with Crippen molar-refractivity contribution >= 4 is 15.7 Å². The Kier molecular flexibility index (Phi) is 4.06. The van der Waals surface area contributed by atoms with Gasteiger partial charge in [0, 0.05) is 24.8 Å². The summed E-state index contributed by atoms with van der Waals surface area (Å²) < 4.78 is 26.7. The van der Waals surface area contributed by atoms with Crippen LogP contribution in [0.3, 0.4) is 0 Å². The molecule has 1 aromatic carbocycles. The summed E-state index contributed by atoms with van der Waals surface area (Å²) in [5, 5.41) is 6.59. The molecule has 2 rings (SSSR count). The monoisotopic (exact) mass is 308 g/mol. The van der Waals surface area contributed by atoms with Crippen LogP contribution in [0.1, 0.15) is 22.4 Å². The van der Waals surface area contributed by atoms with Crippen molar-refractivity contribution < 1.29 is 8.42 Å². The highest BCUT2D eigenvalue weighted by Gasteiger charge is 2.28. The van der Waals surface area contributed by atoms with E-state index in [1.54, 1.807) is 6.92 Å². The summed E-state index contributed by atoms with van der Waals surface area (Å²) in [5.74, 6) is 0. The van der Waals surface area contributed by atoms with Gasteiger partial charge in [0.15, 0.2) is 0 Å². The van der Waals surface area contributed by atoms with Crippen molar-refractivity contribution in [2.75, 3.05) is 11.4 Å². The number of hydrogen-bond donors (Lipinski definition) is 2. The maximum absolute atomic E-state index is 12.7. The largest absolute Gasteiger partial charge is 0.326 e. The van der Waals surface area contributed by atoms with Crippen molar-refractivity contribution in [3.05, 3.63) is 40.6 Å². The maximum atomic E-state index is 12.7. The van der Waals surface area contributed by atoms with E-state index >= 15 is 0 Å². The van der Waals surface area contributed by atoms with Crippen molar-refractivity contribution in [2.24, 2.45) is 5.73 Å². The molecule has 0 radical (unpaired) electrons. The molecule has 0 amide bonds. The van der Waals surface area contributed by atoms with E-state index in [0.29, 0.717) is 16.9 Å². The predicted molar refractivity (Wildman–Crippen MR) is 82.7 cm³/mol. The molecule has 0 bridgehead atoms. The first-order valence-electron chi connectivity index (χ1n) is 6.58. The zero-order valence-corrected chi connectivity index (χ0v) is 13.5. The molecule has 0 atom stereocenters. The summed E-state index contributed by atoms with van der Waals surface area (Å²) in [6.07, 6.45) is 0. The molecule has 6 nitrogen and oxygen atoms in total. The Hall–Kier alpha value is -1.86. The van der Waals surface area contributed by atoms with Crippen LogP contribution in [-0.2, 0) is 16.6 Å². The van der Waals surface area contributed by atoms with E-state index in [0.717, 1.165) is 11.1 Å². The van der Waals surface area contributed by atoms with E-state index in [9.17, 15) is 8.42 Å². The van der Waals surface area contributed by atoms with Crippen LogP contribution in [0.5, 0.6) is 0 Å². The average Bonchev–Trinajstić information content (AvgIpc) is 2.78. The van der Waals surface area contributed by atoms with Crippen LogP contribution < -0.4 is 10.0 Å². The number of nitrogens with one attached hydrogen (secondary N) is 1. The molecule has 7 heteroatoms. The molecule has 1 aromatic heterocycles. The third-order valence-electron chi connectivity index (χ3n) is 3.42. The lowest BCUT2D eigenvalue weighted by atomic mass is 10.1. The summed E-state index contributed by atoms with van der Waals surface area (Å²) in [6, 6.07) is 5.65. The molecule has 0 aliphatic carbocycles. The Bertz CT molecular complexity index is 745. The number of nitrogens with two attached hydrogens (primary N) is 1. The van der Waals surface area contributed by atoms with E-state index in [1.807, 2.05) is 32.0 Å². The van der Waals surface area contributed by atoms with E-state index in [1.165, 1.54) is 11.4 Å². The number of hydrogen-bond acceptors (Lipinski definition) is 4. The molecule has 0 fully saturated rings. The number of nitrogens with zero attached hydrogens (tertiary/aromatic N) is 2. The van der Waals surface area contributed by atoms with Crippen LogP contribution in [0.2, 0.25) is 0 Å². The normalized spacial score (nSPS) is 11.7. The standard InChI is InChI=1S/C14H20N4O2S/c1-9-5-10(2)7-12(6-9)18(4)21(19,20)14-13(8-15)11(3)16-17-14/h5-7H,8,15H2,1-4H3,(H,16,17). The van der Waals surface area contributed by atoms with Gasteiger partial charge in [-0.25, -0.2) is 0 Å². The number of benzene rings is 1. The first kappa shape index (κ1) is 15.5. The molecule has 0 unspecified atom stereocenters. The number of aromatic amines is 1. The molecule has 1 heterocycles. The van der Waals surface area contributed by atoms with E-state index in [2.05, 4.69) is 10.2 Å². The molecule has 0 saturated heterocycles. The summed E-state index contributed by atoms with van der Waals surface area (Å²) in [6.45, 7) is 5.74. The lowest BCUT2D eigenvalue weighted by Crippen LogP contribution is -2.28. The first-order chi connectivity index (χ1) is 9.77. The topological polar surface area (TPSA) is 92.1 Å². The SMILES string of the molecule is Cc1cc(C)cc(N(C)S(=O)(=O)c2n[nH]c(C)c2CN)c1. The lowest BCUT2D eigenvalue weighted by Gasteiger charge is -2.20. The molecule has 3 N–H and O–H groups in total. The number of rotatable bonds is 4. The van der Waals surface area contributed by atoms with Crippen LogP contribution in [0.15, 0.2) is 23.2 Å². The highest BCUT2D eigenvalue weighted by atomic mass is 32.2. The molecular weight excluding hydrogens is 288 g/mol. The van der Waals surface area contributed by atoms with Crippen molar-refractivity contribution in [1.82, 2.24) is 10.2 Å². The Balaban J connectivity index is 2.52. The van der Waals surface area contributed by atoms with Crippen LogP contribution in [0.4, 0.5) is 5.69 Å². The van der Waals surface area contributed by atoms with Crippen molar-refractivity contribution in [1.29, 1.82) is 0 Å². The van der Waals surface area contributed by atoms with Gasteiger partial charge in [0.1, 0.15) is 0 Å². The second-order valence-electron chi connectivity index (χ2n) is 5.15. The molecule has 2 aromatic rings. The minimum absolute atomic E-state index is 0.0100. The van der Waals surface area contributed by atoms with E-state index in [-0.39, 0.29) is 11.6 Å². The van der Waals surface area contributed by atoms with E-state index in [4.69, 9.17) is 5.73 Å². The fraction of sp³-hybridized carbons (Fsp3) is 0.357. The van der Waals surface area contributed by atoms with Gasteiger partial charge >= 0.3 is 0 Å². The smallest absolute Gasteiger partial charge is 0.283 e. The number of H-pyrrole nitrogens is 1. The van der Waals surface area contributed by atoms with Crippen LogP contribution >= 0.6 is 0 Å². The van der Waals surface area contributed by atoms with Gasteiger partial charge in [-0.3, -0.25) is 9.40 Å². The molecule has 0 aliphatic heterocycles. The van der Waals surface area contributed by atoms with Gasteiger partial charge in [0.2, 0.25) is 5.03 Å². The maximum Gasteiger partial charge on any atom is 0.283 e. The zero-order valence-electron chi connectivity index (χ0n) is 12.6. The van der Waals surface area contributed by atoms with Crippen molar-refractivity contribution in [2.45, 2.75) is 32.3 Å². The number of aryl methyl sites for hydroxylation is 3. The number of aromatic nitrogens is 2. The van der Waals surface area contributed by atoms with Gasteiger partial charge in [-0.05, 0) is 44.0 Å². The molecule has 0 saturated carbocycles. The molecular formula is C14H20N4O2S. The lowest BCUT2D eigenvalue weighted by molar-refractivity contribution is 0.589. The zero-order chi connectivity index (χ0) is 15.8. The molecule has 0 aliphatic rings. The van der Waals surface area contributed by atoms with Gasteiger partial charge in [-0.1, -0.05) is 6.07 Å². The third-order valence-corrected chi connectivity index (χ3v) is 5.17. The minimum Gasteiger partial charge on any atom is -0.326 e. The Morgan fingerprint density at radius 2 is 1.76 bits per heavy atom. The highest BCUT2D eigenvalue weighted by Crippen LogP contribution is 2.25. The van der Waals surface area contributed by atoms with Gasteiger partial charge in [0.05, 0.1) is 5.69 Å². The summed E-state index contributed by atoms with van der Waals surface area (Å²) in [5.41, 5.74) is 9.44. The Morgan fingerprint density at radius 1 is 1.19 bits per heavy atom. The molecule has 0 spiro atoms. The van der Waals surface area contributed by atoms with Gasteiger partial charge < -0.3 is 5.73 Å². The van der Waals surface area contributed by atoms with Crippen molar-refractivity contribution in [3.8, 4) is 0 Å². The second kappa shape index (κ2) is 5.50. The highest BCUT2D eigenvalue weighted by molar-refractivity contribution is 7.92. The predicted octanol–water partition coefficient (Wildman–Crippen LogP) is 1.62. The molecule has 114 valence electrons. The fourth-order valence-corrected chi connectivity index (χ4v) is 3.64. The van der Waals surface area contributed by atoms with Crippen LogP contribution in [-0.4, -0.2) is 25.7 Å². The third kappa shape index (κ3) is 2.79. The fourth-order valence-electron chi connectivity index (χ4n) is 2.28. The van der Waals surface area contributed by atoms with Crippen LogP contribution in [0, 0.1) is 20.8 Å². The summed E-state index contributed by atoms with van der Waals surface area (Å²) >= 11 is 0. The quantitative estimate of drug-likeness (QED) is 0.897. The average molecular weight is 308 g/mol. The van der Waals surface area contributed by atoms with Crippen LogP contribution in [0.25, 0.3) is 0 Å². The van der Waals surface area contributed by atoms with Crippen molar-refractivity contribution in [3.63, 3.8) is 0 Å². The van der Waals surface area contributed by atoms with Gasteiger partial charge in [-0.15, -0.1) is 0 Å². The summed E-state index contributed by atoms with van der Waals surface area (Å²) in [4.78, 5) is 0. The first-order valence-corrected chi connectivity index (χ1v) is 8.02. The van der Waals surface area contributed by atoms with Gasteiger partial charge in [0.25, 0.3) is 10.0 Å². The number of sulfonamides is 1.